The van der Waals surface area contributed by atoms with E-state index >= 15 is 0 Å². The van der Waals surface area contributed by atoms with Crippen LogP contribution in [0.15, 0.2) is 8.96 Å². The molecule has 0 saturated carbocycles. The van der Waals surface area contributed by atoms with Crippen LogP contribution in [0.5, 0.6) is 0 Å². The smallest absolute Gasteiger partial charge is 0.308 e. The molecule has 1 heterocycles. The lowest BCUT2D eigenvalue weighted by molar-refractivity contribution is -0.156. The number of hydrogen-bond acceptors (Lipinski definition) is 8. The molecule has 0 aromatic rings. The van der Waals surface area contributed by atoms with E-state index in [0.717, 1.165) is 4.90 Å². The predicted molar refractivity (Wildman–Crippen MR) is 115 cm³/mol. The zero-order chi connectivity index (χ0) is 22.6. The van der Waals surface area contributed by atoms with Gasteiger partial charge in [-0.3, -0.25) is 19.3 Å². The number of rotatable bonds is 15. The summed E-state index contributed by atoms with van der Waals surface area (Å²) in [5.41, 5.74) is -0.483. The van der Waals surface area contributed by atoms with E-state index in [1.807, 2.05) is 20.8 Å². The number of nitrogens with zero attached hydrogens (tertiary/aromatic N) is 1. The van der Waals surface area contributed by atoms with Gasteiger partial charge in [-0.15, -0.1) is 0 Å². The maximum absolute atomic E-state index is 11.8. The predicted octanol–water partition coefficient (Wildman–Crippen LogP) is 2.15. The quantitative estimate of drug-likeness (QED) is 0.171. The van der Waals surface area contributed by atoms with E-state index in [2.05, 4.69) is 31.9 Å². The molecule has 30 heavy (non-hydrogen) atoms. The fourth-order valence-corrected chi connectivity index (χ4v) is 2.95. The minimum Gasteiger partial charge on any atom is -0.460 e. The van der Waals surface area contributed by atoms with Crippen LogP contribution < -0.4 is 0 Å². The highest BCUT2D eigenvalue weighted by Gasteiger charge is 2.35. The molecule has 1 rings (SSSR count). The van der Waals surface area contributed by atoms with Gasteiger partial charge in [0.2, 0.25) is 0 Å². The van der Waals surface area contributed by atoms with E-state index in [-0.39, 0.29) is 46.3 Å². The molecule has 0 N–H and O–H groups in total. The van der Waals surface area contributed by atoms with E-state index in [4.69, 9.17) is 23.7 Å². The lowest BCUT2D eigenvalue weighted by Gasteiger charge is -2.19. The summed E-state index contributed by atoms with van der Waals surface area (Å²) in [5.74, 6) is -1.04. The lowest BCUT2D eigenvalue weighted by Crippen LogP contribution is -2.34. The number of carbonyl (C=O) groups excluding carboxylic acids is 3. The second kappa shape index (κ2) is 14.3. The van der Waals surface area contributed by atoms with E-state index in [1.54, 1.807) is 0 Å². The summed E-state index contributed by atoms with van der Waals surface area (Å²) in [5, 5.41) is 0. The van der Waals surface area contributed by atoms with Crippen molar-refractivity contribution in [1.82, 2.24) is 4.90 Å². The molecule has 172 valence electrons. The maximum atomic E-state index is 11.8. The molecule has 0 saturated heterocycles. The van der Waals surface area contributed by atoms with E-state index in [0.29, 0.717) is 46.2 Å². The van der Waals surface area contributed by atoms with Gasteiger partial charge in [0.05, 0.1) is 65.8 Å². The molecule has 1 aliphatic rings. The SMILES string of the molecule is CC(C)(C)OC(=O)CCOCCOCCOCCOCCN1C(=O)C(Br)=C(Br)C1=O. The van der Waals surface area contributed by atoms with Gasteiger partial charge in [0.1, 0.15) is 14.6 Å². The Kier molecular flexibility index (Phi) is 12.9. The molecule has 0 radical (unpaired) electrons. The monoisotopic (exact) mass is 557 g/mol. The average molecular weight is 559 g/mol. The van der Waals surface area contributed by atoms with Crippen molar-refractivity contribution in [3.05, 3.63) is 8.96 Å². The Morgan fingerprint density at radius 1 is 0.767 bits per heavy atom. The largest absolute Gasteiger partial charge is 0.460 e. The Balaban J connectivity index is 1.86. The first-order valence-corrected chi connectivity index (χ1v) is 11.2. The molecule has 0 spiro atoms. The van der Waals surface area contributed by atoms with Gasteiger partial charge in [-0.2, -0.15) is 0 Å². The second-order valence-electron chi connectivity index (χ2n) is 7.18. The number of halogens is 2. The lowest BCUT2D eigenvalue weighted by atomic mass is 10.2. The van der Waals surface area contributed by atoms with Crippen molar-refractivity contribution >= 4 is 49.6 Å². The van der Waals surface area contributed by atoms with Crippen LogP contribution in [-0.4, -0.2) is 87.7 Å². The first kappa shape index (κ1) is 27.2. The van der Waals surface area contributed by atoms with Crippen molar-refractivity contribution in [3.8, 4) is 0 Å². The summed E-state index contributed by atoms with van der Waals surface area (Å²) in [7, 11) is 0. The van der Waals surface area contributed by atoms with Gasteiger partial charge in [-0.05, 0) is 52.6 Å². The minimum absolute atomic E-state index is 0.179. The standard InChI is InChI=1S/C19H29Br2NO8/c1-19(2,3)30-14(23)4-6-26-8-10-28-12-13-29-11-9-27-7-5-22-17(24)15(20)16(21)18(22)25/h4-13H2,1-3H3. The summed E-state index contributed by atoms with van der Waals surface area (Å²) >= 11 is 6.14. The van der Waals surface area contributed by atoms with E-state index in [1.165, 1.54) is 0 Å². The Bertz CT molecular complexity index is 594. The number of imide groups is 1. The number of carbonyl (C=O) groups is 3. The highest BCUT2D eigenvalue weighted by Crippen LogP contribution is 2.28. The van der Waals surface area contributed by atoms with Gasteiger partial charge in [-0.1, -0.05) is 0 Å². The third-order valence-corrected chi connectivity index (χ3v) is 5.51. The Morgan fingerprint density at radius 2 is 1.17 bits per heavy atom. The molecule has 0 fully saturated rings. The van der Waals surface area contributed by atoms with Crippen molar-refractivity contribution < 1.29 is 38.1 Å². The highest BCUT2D eigenvalue weighted by atomic mass is 79.9. The zero-order valence-electron chi connectivity index (χ0n) is 17.5. The topological polar surface area (TPSA) is 101 Å². The van der Waals surface area contributed by atoms with Crippen molar-refractivity contribution in [1.29, 1.82) is 0 Å². The summed E-state index contributed by atoms with van der Waals surface area (Å²) in [6, 6.07) is 0. The first-order valence-electron chi connectivity index (χ1n) is 9.57. The molecule has 0 atom stereocenters. The molecular formula is C19H29Br2NO8. The second-order valence-corrected chi connectivity index (χ2v) is 8.76. The van der Waals surface area contributed by atoms with Crippen LogP contribution in [0.2, 0.25) is 0 Å². The summed E-state index contributed by atoms with van der Waals surface area (Å²) in [4.78, 5) is 36.2. The molecule has 0 unspecified atom stereocenters. The van der Waals surface area contributed by atoms with Gasteiger partial charge in [-0.25, -0.2) is 0 Å². The Labute approximate surface area is 193 Å². The third-order valence-electron chi connectivity index (χ3n) is 3.50. The van der Waals surface area contributed by atoms with Gasteiger partial charge in [0.15, 0.2) is 0 Å². The molecule has 1 aliphatic heterocycles. The van der Waals surface area contributed by atoms with Crippen LogP contribution >= 0.6 is 31.9 Å². The molecule has 0 aromatic heterocycles. The molecule has 0 aliphatic carbocycles. The number of ether oxygens (including phenoxy) is 5. The van der Waals surface area contributed by atoms with Crippen LogP contribution in [-0.2, 0) is 38.1 Å². The van der Waals surface area contributed by atoms with E-state index in [9.17, 15) is 14.4 Å². The van der Waals surface area contributed by atoms with Crippen LogP contribution in [0.25, 0.3) is 0 Å². The summed E-state index contributed by atoms with van der Waals surface area (Å²) in [6.45, 7) is 8.53. The molecule has 9 nitrogen and oxygen atoms in total. The van der Waals surface area contributed by atoms with Gasteiger partial charge in [0.25, 0.3) is 11.8 Å². The van der Waals surface area contributed by atoms with Gasteiger partial charge < -0.3 is 23.7 Å². The molecule has 2 amide bonds. The average Bonchev–Trinajstić information content (AvgIpc) is 2.84. The summed E-state index contributed by atoms with van der Waals surface area (Å²) < 4.78 is 27.0. The Morgan fingerprint density at radius 3 is 1.60 bits per heavy atom. The third kappa shape index (κ3) is 11.0. The maximum Gasteiger partial charge on any atom is 0.308 e. The van der Waals surface area contributed by atoms with E-state index < -0.39 is 5.60 Å². The molecule has 0 bridgehead atoms. The van der Waals surface area contributed by atoms with Crippen LogP contribution in [0.1, 0.15) is 27.2 Å². The fraction of sp³-hybridized carbons (Fsp3) is 0.737. The number of esters is 1. The zero-order valence-corrected chi connectivity index (χ0v) is 20.7. The number of hydrogen-bond donors (Lipinski definition) is 0. The highest BCUT2D eigenvalue weighted by molar-refractivity contribution is 9.14. The van der Waals surface area contributed by atoms with Crippen LogP contribution in [0, 0.1) is 0 Å². The van der Waals surface area contributed by atoms with Crippen molar-refractivity contribution in [2.45, 2.75) is 32.8 Å². The first-order chi connectivity index (χ1) is 14.1. The molecular weight excluding hydrogens is 530 g/mol. The number of amides is 2. The molecule has 0 aromatic carbocycles. The van der Waals surface area contributed by atoms with Crippen molar-refractivity contribution in [3.63, 3.8) is 0 Å². The van der Waals surface area contributed by atoms with Crippen LogP contribution in [0.3, 0.4) is 0 Å². The summed E-state index contributed by atoms with van der Waals surface area (Å²) in [6.07, 6.45) is 0.214. The van der Waals surface area contributed by atoms with Crippen molar-refractivity contribution in [2.75, 3.05) is 59.4 Å². The van der Waals surface area contributed by atoms with Gasteiger partial charge >= 0.3 is 5.97 Å². The molecule has 11 heteroatoms. The minimum atomic E-state index is -0.483. The van der Waals surface area contributed by atoms with Crippen LogP contribution in [0.4, 0.5) is 0 Å². The van der Waals surface area contributed by atoms with Crippen molar-refractivity contribution in [2.24, 2.45) is 0 Å². The normalized spacial score (nSPS) is 14.8. The van der Waals surface area contributed by atoms with Gasteiger partial charge in [0, 0.05) is 0 Å². The Hall–Kier alpha value is -0.850. The fourth-order valence-electron chi connectivity index (χ4n) is 2.19.